The van der Waals surface area contributed by atoms with Crippen molar-refractivity contribution in [1.82, 2.24) is 10.3 Å². The van der Waals surface area contributed by atoms with Crippen LogP contribution in [-0.4, -0.2) is 30.1 Å². The quantitative estimate of drug-likeness (QED) is 0.664. The number of benzene rings is 1. The Balaban J connectivity index is 1.79. The lowest BCUT2D eigenvalue weighted by Crippen LogP contribution is -2.57. The third-order valence-corrected chi connectivity index (χ3v) is 5.73. The van der Waals surface area contributed by atoms with Crippen molar-refractivity contribution in [2.45, 2.75) is 44.4 Å². The molecule has 31 heavy (non-hydrogen) atoms. The van der Waals surface area contributed by atoms with Crippen LogP contribution in [0.25, 0.3) is 0 Å². The molecule has 0 bridgehead atoms. The number of rotatable bonds is 5. The third-order valence-electron chi connectivity index (χ3n) is 5.73. The second kappa shape index (κ2) is 8.01. The lowest BCUT2D eigenvalue weighted by atomic mass is 9.81. The monoisotopic (exact) mass is 435 g/mol. The Kier molecular flexibility index (Phi) is 5.52. The highest BCUT2D eigenvalue weighted by atomic mass is 19.3. The van der Waals surface area contributed by atoms with Gasteiger partial charge in [-0.2, -0.15) is 0 Å². The summed E-state index contributed by atoms with van der Waals surface area (Å²) in [5.74, 6) is -0.579. The van der Waals surface area contributed by atoms with E-state index in [2.05, 4.69) is 15.3 Å². The maximum absolute atomic E-state index is 14.9. The highest BCUT2D eigenvalue weighted by Gasteiger charge is 2.42. The smallest absolute Gasteiger partial charge is 0.266 e. The maximum atomic E-state index is 14.9. The summed E-state index contributed by atoms with van der Waals surface area (Å²) >= 11 is 0. The first-order chi connectivity index (χ1) is 14.7. The number of nitrogens with zero attached hydrogens (tertiary/aromatic N) is 2. The molecule has 0 amide bonds. The minimum atomic E-state index is -2.94. The zero-order valence-corrected chi connectivity index (χ0v) is 17.2. The van der Waals surface area contributed by atoms with E-state index in [4.69, 9.17) is 20.9 Å². The van der Waals surface area contributed by atoms with Gasteiger partial charge in [0.15, 0.2) is 17.4 Å². The first-order valence-corrected chi connectivity index (χ1v) is 9.95. The Bertz CT molecular complexity index is 1030. The molecule has 166 valence electrons. The largest absolute Gasteiger partial charge is 0.484 e. The van der Waals surface area contributed by atoms with E-state index < -0.39 is 29.4 Å². The number of fused-ring (bicyclic) bond motifs is 1. The number of alkyl halides is 2. The summed E-state index contributed by atoms with van der Waals surface area (Å²) in [6, 6.07) is 5.53. The van der Waals surface area contributed by atoms with E-state index in [0.29, 0.717) is 36.8 Å². The molecule has 2 aliphatic heterocycles. The zero-order chi connectivity index (χ0) is 22.3. The molecule has 2 aromatic rings. The van der Waals surface area contributed by atoms with Gasteiger partial charge < -0.3 is 26.3 Å². The molecule has 1 unspecified atom stereocenters. The van der Waals surface area contributed by atoms with Crippen LogP contribution in [-0.2, 0) is 10.4 Å². The number of halogens is 3. The summed E-state index contributed by atoms with van der Waals surface area (Å²) in [5, 5.41) is 3.08. The standard InChI is InChI=1S/C21H24F3N5O2/c1-10(13-4-3-5-14(17(13)22)18(23)24)21(26)15-8-16(31-12-6-7-30-9-12)19(25)28-20(15)27-11(2)29-21/h3-5,8,10,12,18H,6-7,9,26H2,1-2H3,(H3,25,27,28,29)/t10-,12+,21?/m1/s1. The average molecular weight is 435 g/mol. The van der Waals surface area contributed by atoms with Crippen molar-refractivity contribution in [3.63, 3.8) is 0 Å². The Morgan fingerprint density at radius 1 is 1.32 bits per heavy atom. The molecule has 3 heterocycles. The number of nitrogen functional groups attached to an aromatic ring is 1. The molecule has 1 fully saturated rings. The maximum Gasteiger partial charge on any atom is 0.266 e. The van der Waals surface area contributed by atoms with Crippen LogP contribution in [0, 0.1) is 5.82 Å². The fraction of sp³-hybridized carbons (Fsp3) is 0.429. The normalized spacial score (nSPS) is 23.8. The highest BCUT2D eigenvalue weighted by molar-refractivity contribution is 5.86. The molecule has 0 spiro atoms. The predicted molar refractivity (Wildman–Crippen MR) is 110 cm³/mol. The number of ether oxygens (including phenoxy) is 2. The molecule has 4 rings (SSSR count). The van der Waals surface area contributed by atoms with E-state index >= 15 is 0 Å². The van der Waals surface area contributed by atoms with Crippen LogP contribution >= 0.6 is 0 Å². The SMILES string of the molecule is CC1=Nc2nc(N)c(O[C@H]3CCOC3)cc2C(N)([C@H](C)c2cccc(C(F)F)c2F)N1. The summed E-state index contributed by atoms with van der Waals surface area (Å²) in [6.45, 7) is 4.36. The predicted octanol–water partition coefficient (Wildman–Crippen LogP) is 3.48. The van der Waals surface area contributed by atoms with E-state index in [-0.39, 0.29) is 23.3 Å². The van der Waals surface area contributed by atoms with Gasteiger partial charge in [-0.1, -0.05) is 25.1 Å². The van der Waals surface area contributed by atoms with Gasteiger partial charge >= 0.3 is 0 Å². The van der Waals surface area contributed by atoms with Gasteiger partial charge in [-0.15, -0.1) is 0 Å². The van der Waals surface area contributed by atoms with Gasteiger partial charge in [-0.05, 0) is 18.6 Å². The summed E-state index contributed by atoms with van der Waals surface area (Å²) in [4.78, 5) is 8.70. The van der Waals surface area contributed by atoms with E-state index in [9.17, 15) is 13.2 Å². The molecule has 3 atom stereocenters. The molecule has 7 nitrogen and oxygen atoms in total. The Labute approximate surface area is 177 Å². The topological polar surface area (TPSA) is 108 Å². The van der Waals surface area contributed by atoms with Crippen LogP contribution in [0.1, 0.15) is 49.3 Å². The number of nitrogens with two attached hydrogens (primary N) is 2. The lowest BCUT2D eigenvalue weighted by Gasteiger charge is -2.40. The van der Waals surface area contributed by atoms with Crippen molar-refractivity contribution in [2.75, 3.05) is 18.9 Å². The van der Waals surface area contributed by atoms with Gasteiger partial charge in [0.1, 0.15) is 23.4 Å². The molecule has 2 aliphatic rings. The summed E-state index contributed by atoms with van der Waals surface area (Å²) in [6.07, 6.45) is -2.40. The summed E-state index contributed by atoms with van der Waals surface area (Å²) < 4.78 is 52.7. The van der Waals surface area contributed by atoms with Crippen LogP contribution in [0.15, 0.2) is 29.3 Å². The van der Waals surface area contributed by atoms with Crippen LogP contribution in [0.3, 0.4) is 0 Å². The molecule has 0 aliphatic carbocycles. The fourth-order valence-electron chi connectivity index (χ4n) is 3.98. The number of nitrogens with one attached hydrogen (secondary N) is 1. The lowest BCUT2D eigenvalue weighted by molar-refractivity contribution is 0.141. The van der Waals surface area contributed by atoms with Gasteiger partial charge in [0, 0.05) is 17.9 Å². The van der Waals surface area contributed by atoms with Crippen LogP contribution in [0.5, 0.6) is 5.75 Å². The van der Waals surface area contributed by atoms with Gasteiger partial charge in [-0.3, -0.25) is 0 Å². The fourth-order valence-corrected chi connectivity index (χ4v) is 3.98. The van der Waals surface area contributed by atoms with Crippen molar-refractivity contribution in [2.24, 2.45) is 10.7 Å². The summed E-state index contributed by atoms with van der Waals surface area (Å²) in [7, 11) is 0. The highest BCUT2D eigenvalue weighted by Crippen LogP contribution is 2.43. The molecule has 0 saturated carbocycles. The molecule has 0 radical (unpaired) electrons. The number of amidine groups is 1. The van der Waals surface area contributed by atoms with Crippen molar-refractivity contribution in [3.05, 3.63) is 46.8 Å². The van der Waals surface area contributed by atoms with Crippen molar-refractivity contribution < 1.29 is 22.6 Å². The molecular formula is C21H24F3N5O2. The number of anilines is 1. The minimum Gasteiger partial charge on any atom is -0.484 e. The molecule has 10 heteroatoms. The molecule has 1 saturated heterocycles. The molecular weight excluding hydrogens is 411 g/mol. The van der Waals surface area contributed by atoms with Crippen LogP contribution < -0.4 is 21.5 Å². The zero-order valence-electron chi connectivity index (χ0n) is 17.2. The van der Waals surface area contributed by atoms with Crippen LogP contribution in [0.4, 0.5) is 24.8 Å². The van der Waals surface area contributed by atoms with Gasteiger partial charge in [-0.25, -0.2) is 23.1 Å². The van der Waals surface area contributed by atoms with Gasteiger partial charge in [0.25, 0.3) is 6.43 Å². The number of aliphatic imine (C=N–C) groups is 1. The number of pyridine rings is 1. The summed E-state index contributed by atoms with van der Waals surface area (Å²) in [5.41, 5.74) is 11.2. The van der Waals surface area contributed by atoms with Crippen molar-refractivity contribution in [1.29, 1.82) is 0 Å². The first kappa shape index (κ1) is 21.4. The van der Waals surface area contributed by atoms with Crippen molar-refractivity contribution in [3.8, 4) is 5.75 Å². The van der Waals surface area contributed by atoms with E-state index in [0.717, 1.165) is 6.07 Å². The van der Waals surface area contributed by atoms with E-state index in [1.165, 1.54) is 12.1 Å². The first-order valence-electron chi connectivity index (χ1n) is 9.95. The molecule has 1 aromatic heterocycles. The Morgan fingerprint density at radius 3 is 2.74 bits per heavy atom. The Hall–Kier alpha value is -2.85. The number of hydrogen-bond donors (Lipinski definition) is 3. The second-order valence-electron chi connectivity index (χ2n) is 7.81. The molecule has 1 aromatic carbocycles. The third kappa shape index (κ3) is 3.81. The number of hydrogen-bond acceptors (Lipinski definition) is 7. The Morgan fingerprint density at radius 2 is 2.06 bits per heavy atom. The van der Waals surface area contributed by atoms with Crippen molar-refractivity contribution >= 4 is 17.5 Å². The van der Waals surface area contributed by atoms with Gasteiger partial charge in [0.05, 0.1) is 18.8 Å². The second-order valence-corrected chi connectivity index (χ2v) is 7.81. The van der Waals surface area contributed by atoms with E-state index in [1.807, 2.05) is 0 Å². The van der Waals surface area contributed by atoms with Gasteiger partial charge in [0.2, 0.25) is 0 Å². The average Bonchev–Trinajstić information content (AvgIpc) is 3.21. The number of aromatic nitrogens is 1. The van der Waals surface area contributed by atoms with Crippen LogP contribution in [0.2, 0.25) is 0 Å². The van der Waals surface area contributed by atoms with E-state index in [1.54, 1.807) is 19.9 Å². The minimum absolute atomic E-state index is 0.0527. The molecule has 5 N–H and O–H groups in total.